The second-order valence-electron chi connectivity index (χ2n) is 4.94. The van der Waals surface area contributed by atoms with Crippen LogP contribution in [-0.2, 0) is 0 Å². The second-order valence-corrected chi connectivity index (χ2v) is 5.31. The third kappa shape index (κ3) is 2.83. The van der Waals surface area contributed by atoms with Crippen LogP contribution in [0.3, 0.4) is 0 Å². The molecule has 1 aromatic carbocycles. The van der Waals surface area contributed by atoms with Crippen molar-refractivity contribution in [3.8, 4) is 0 Å². The number of hydrogen-bond donors (Lipinski definition) is 1. The van der Waals surface area contributed by atoms with Crippen LogP contribution in [-0.4, -0.2) is 37.0 Å². The topological polar surface area (TPSA) is 62.7 Å². The summed E-state index contributed by atoms with van der Waals surface area (Å²) in [6.45, 7) is 2.75. The first-order valence-electron chi connectivity index (χ1n) is 6.79. The lowest BCUT2D eigenvalue weighted by Gasteiger charge is -2.36. The van der Waals surface area contributed by atoms with Crippen molar-refractivity contribution in [2.24, 2.45) is 0 Å². The number of benzene rings is 1. The van der Waals surface area contributed by atoms with Gasteiger partial charge in [-0.15, -0.1) is 0 Å². The number of rotatable bonds is 2. The Kier molecular flexibility index (Phi) is 3.75. The molecule has 0 atom stereocenters. The van der Waals surface area contributed by atoms with Crippen LogP contribution < -0.4 is 10.6 Å². The third-order valence-corrected chi connectivity index (χ3v) is 3.83. The number of nitrogen functional groups attached to an aromatic ring is 1. The molecule has 1 saturated heterocycles. The number of para-hydroxylation sites is 2. The van der Waals surface area contributed by atoms with Crippen LogP contribution in [0, 0.1) is 0 Å². The molecule has 2 heterocycles. The van der Waals surface area contributed by atoms with Gasteiger partial charge in [-0.3, -0.25) is 4.79 Å². The van der Waals surface area contributed by atoms with Gasteiger partial charge in [0.25, 0.3) is 5.91 Å². The van der Waals surface area contributed by atoms with E-state index < -0.39 is 0 Å². The van der Waals surface area contributed by atoms with Crippen LogP contribution >= 0.6 is 11.6 Å². The van der Waals surface area contributed by atoms with Gasteiger partial charge in [-0.25, -0.2) is 0 Å². The van der Waals surface area contributed by atoms with E-state index in [2.05, 4.69) is 4.90 Å². The van der Waals surface area contributed by atoms with E-state index in [0.29, 0.717) is 13.1 Å². The zero-order valence-corrected chi connectivity index (χ0v) is 12.2. The fourth-order valence-corrected chi connectivity index (χ4v) is 2.66. The van der Waals surface area contributed by atoms with E-state index >= 15 is 0 Å². The predicted octanol–water partition coefficient (Wildman–Crippen LogP) is 2.48. The number of furan rings is 1. The molecule has 0 aliphatic carbocycles. The van der Waals surface area contributed by atoms with E-state index in [0.717, 1.165) is 24.5 Å². The van der Waals surface area contributed by atoms with Crippen LogP contribution in [0.4, 0.5) is 11.4 Å². The number of anilines is 2. The molecule has 6 heteroatoms. The first-order chi connectivity index (χ1) is 10.1. The summed E-state index contributed by atoms with van der Waals surface area (Å²) in [5.41, 5.74) is 7.77. The number of amides is 1. The lowest BCUT2D eigenvalue weighted by Crippen LogP contribution is -2.48. The smallest absolute Gasteiger partial charge is 0.289 e. The molecule has 110 valence electrons. The van der Waals surface area contributed by atoms with Crippen LogP contribution in [0.2, 0.25) is 5.22 Å². The van der Waals surface area contributed by atoms with E-state index in [1.807, 2.05) is 24.3 Å². The van der Waals surface area contributed by atoms with Crippen molar-refractivity contribution in [3.63, 3.8) is 0 Å². The maximum absolute atomic E-state index is 12.3. The van der Waals surface area contributed by atoms with E-state index in [1.54, 1.807) is 17.0 Å². The summed E-state index contributed by atoms with van der Waals surface area (Å²) in [4.78, 5) is 16.2. The summed E-state index contributed by atoms with van der Waals surface area (Å²) in [6, 6.07) is 11.0. The largest absolute Gasteiger partial charge is 0.440 e. The average Bonchev–Trinajstić information content (AvgIpc) is 2.94. The first-order valence-corrected chi connectivity index (χ1v) is 7.17. The molecule has 0 bridgehead atoms. The standard InChI is InChI=1S/C15H16ClN3O2/c16-14-6-5-13(21-14)15(20)19-9-7-18(8-10-19)12-4-2-1-3-11(12)17/h1-6H,7-10,17H2. The van der Waals surface area contributed by atoms with Gasteiger partial charge < -0.3 is 20.0 Å². The maximum atomic E-state index is 12.3. The molecular formula is C15H16ClN3O2. The summed E-state index contributed by atoms with van der Waals surface area (Å²) in [6.07, 6.45) is 0. The first kappa shape index (κ1) is 13.8. The highest BCUT2D eigenvalue weighted by Gasteiger charge is 2.24. The van der Waals surface area contributed by atoms with E-state index in [9.17, 15) is 4.79 Å². The molecule has 2 N–H and O–H groups in total. The lowest BCUT2D eigenvalue weighted by atomic mass is 10.2. The molecule has 0 spiro atoms. The molecule has 1 fully saturated rings. The normalized spacial score (nSPS) is 15.3. The number of halogens is 1. The molecule has 0 radical (unpaired) electrons. The quantitative estimate of drug-likeness (QED) is 0.866. The molecule has 1 aliphatic heterocycles. The van der Waals surface area contributed by atoms with Gasteiger partial charge >= 0.3 is 0 Å². The van der Waals surface area contributed by atoms with Gasteiger partial charge in [0, 0.05) is 26.2 Å². The number of nitrogens with two attached hydrogens (primary N) is 1. The van der Waals surface area contributed by atoms with Crippen LogP contribution in [0.1, 0.15) is 10.6 Å². The highest BCUT2D eigenvalue weighted by Crippen LogP contribution is 2.24. The van der Waals surface area contributed by atoms with Gasteiger partial charge in [0.1, 0.15) is 0 Å². The maximum Gasteiger partial charge on any atom is 0.289 e. The van der Waals surface area contributed by atoms with Crippen molar-refractivity contribution < 1.29 is 9.21 Å². The molecule has 3 rings (SSSR count). The molecule has 21 heavy (non-hydrogen) atoms. The van der Waals surface area contributed by atoms with Crippen molar-refractivity contribution in [3.05, 3.63) is 47.4 Å². The van der Waals surface area contributed by atoms with E-state index in [-0.39, 0.29) is 16.9 Å². The summed E-state index contributed by atoms with van der Waals surface area (Å²) in [5.74, 6) is 0.162. The Bertz CT molecular complexity index is 648. The molecular weight excluding hydrogens is 290 g/mol. The zero-order chi connectivity index (χ0) is 14.8. The Balaban J connectivity index is 1.65. The van der Waals surface area contributed by atoms with E-state index in [4.69, 9.17) is 21.8 Å². The van der Waals surface area contributed by atoms with Crippen LogP contribution in [0.15, 0.2) is 40.8 Å². The van der Waals surface area contributed by atoms with Crippen molar-refractivity contribution in [1.29, 1.82) is 0 Å². The van der Waals surface area contributed by atoms with Crippen LogP contribution in [0.25, 0.3) is 0 Å². The fourth-order valence-electron chi connectivity index (χ4n) is 2.51. The summed E-state index contributed by atoms with van der Waals surface area (Å²) in [7, 11) is 0. The third-order valence-electron chi connectivity index (χ3n) is 3.63. The number of hydrogen-bond acceptors (Lipinski definition) is 4. The lowest BCUT2D eigenvalue weighted by molar-refractivity contribution is 0.0715. The number of piperazine rings is 1. The van der Waals surface area contributed by atoms with Gasteiger partial charge in [0.15, 0.2) is 11.0 Å². The van der Waals surface area contributed by atoms with Crippen molar-refractivity contribution in [2.75, 3.05) is 36.8 Å². The number of carbonyl (C=O) groups excluding carboxylic acids is 1. The Morgan fingerprint density at radius 2 is 1.81 bits per heavy atom. The Morgan fingerprint density at radius 3 is 2.43 bits per heavy atom. The minimum absolute atomic E-state index is 0.123. The molecule has 1 aliphatic rings. The SMILES string of the molecule is Nc1ccccc1N1CCN(C(=O)c2ccc(Cl)o2)CC1. The van der Waals surface area contributed by atoms with Gasteiger partial charge in [-0.05, 0) is 35.9 Å². The molecule has 1 amide bonds. The number of nitrogens with zero attached hydrogens (tertiary/aromatic N) is 2. The molecule has 2 aromatic rings. The van der Waals surface area contributed by atoms with E-state index in [1.165, 1.54) is 0 Å². The minimum Gasteiger partial charge on any atom is -0.440 e. The van der Waals surface area contributed by atoms with Crippen molar-refractivity contribution in [1.82, 2.24) is 4.90 Å². The predicted molar refractivity (Wildman–Crippen MR) is 82.7 cm³/mol. The highest BCUT2D eigenvalue weighted by molar-refractivity contribution is 6.29. The Labute approximate surface area is 127 Å². The van der Waals surface area contributed by atoms with Crippen molar-refractivity contribution >= 4 is 28.9 Å². The minimum atomic E-state index is -0.123. The summed E-state index contributed by atoms with van der Waals surface area (Å²) in [5, 5.41) is 0.231. The zero-order valence-electron chi connectivity index (χ0n) is 11.5. The molecule has 0 unspecified atom stereocenters. The summed E-state index contributed by atoms with van der Waals surface area (Å²) < 4.78 is 5.17. The van der Waals surface area contributed by atoms with Gasteiger partial charge in [-0.2, -0.15) is 0 Å². The Hall–Kier alpha value is -2.14. The van der Waals surface area contributed by atoms with Crippen LogP contribution in [0.5, 0.6) is 0 Å². The van der Waals surface area contributed by atoms with Crippen molar-refractivity contribution in [2.45, 2.75) is 0 Å². The number of carbonyl (C=O) groups is 1. The molecule has 5 nitrogen and oxygen atoms in total. The molecule has 0 saturated carbocycles. The summed E-state index contributed by atoms with van der Waals surface area (Å²) >= 11 is 5.70. The monoisotopic (exact) mass is 305 g/mol. The second kappa shape index (κ2) is 5.69. The average molecular weight is 306 g/mol. The van der Waals surface area contributed by atoms with Gasteiger partial charge in [0.2, 0.25) is 0 Å². The van der Waals surface area contributed by atoms with Gasteiger partial charge in [-0.1, -0.05) is 12.1 Å². The fraction of sp³-hybridized carbons (Fsp3) is 0.267. The highest BCUT2D eigenvalue weighted by atomic mass is 35.5. The molecule has 1 aromatic heterocycles. The Morgan fingerprint density at radius 1 is 1.10 bits per heavy atom. The van der Waals surface area contributed by atoms with Gasteiger partial charge in [0.05, 0.1) is 11.4 Å².